The Hall–Kier alpha value is -1.60. The third kappa shape index (κ3) is 2.00. The van der Waals surface area contributed by atoms with Crippen molar-refractivity contribution in [1.29, 1.82) is 0 Å². The van der Waals surface area contributed by atoms with E-state index in [1.165, 1.54) is 27.8 Å². The summed E-state index contributed by atoms with van der Waals surface area (Å²) in [6.45, 7) is 4.89. The average Bonchev–Trinajstić information content (AvgIpc) is 2.30. The lowest BCUT2D eigenvalue weighted by Crippen LogP contribution is -1.97. The Morgan fingerprint density at radius 3 is 2.19 bits per heavy atom. The van der Waals surface area contributed by atoms with Crippen LogP contribution in [0.4, 0.5) is 0 Å². The quantitative estimate of drug-likeness (QED) is 0.809. The predicted molar refractivity (Wildman–Crippen MR) is 69.2 cm³/mol. The molecule has 0 bridgehead atoms. The first-order valence-corrected chi connectivity index (χ1v) is 5.58. The third-order valence-corrected chi connectivity index (χ3v) is 2.96. The minimum absolute atomic E-state index is 0.606. The average molecular weight is 211 g/mol. The molecule has 0 unspecified atom stereocenters. The van der Waals surface area contributed by atoms with Gasteiger partial charge in [0.25, 0.3) is 0 Å². The molecule has 1 nitrogen and oxygen atoms in total. The van der Waals surface area contributed by atoms with Crippen molar-refractivity contribution in [2.45, 2.75) is 20.4 Å². The number of hydrogen-bond donors (Lipinski definition) is 1. The second-order valence-electron chi connectivity index (χ2n) is 4.17. The van der Waals surface area contributed by atoms with Crippen LogP contribution in [0.25, 0.3) is 11.1 Å². The van der Waals surface area contributed by atoms with Gasteiger partial charge in [0.05, 0.1) is 0 Å². The second-order valence-corrected chi connectivity index (χ2v) is 4.17. The van der Waals surface area contributed by atoms with Gasteiger partial charge in [-0.25, -0.2) is 0 Å². The molecule has 0 atom stereocenters. The Labute approximate surface area is 96.9 Å². The van der Waals surface area contributed by atoms with E-state index in [0.29, 0.717) is 6.54 Å². The predicted octanol–water partition coefficient (Wildman–Crippen LogP) is 3.43. The number of nitrogens with two attached hydrogens (primary N) is 1. The summed E-state index contributed by atoms with van der Waals surface area (Å²) in [4.78, 5) is 0. The molecule has 2 N–H and O–H groups in total. The van der Waals surface area contributed by atoms with Crippen LogP contribution in [0.5, 0.6) is 0 Å². The van der Waals surface area contributed by atoms with E-state index in [9.17, 15) is 0 Å². The fourth-order valence-corrected chi connectivity index (χ4v) is 2.03. The largest absolute Gasteiger partial charge is 0.326 e. The van der Waals surface area contributed by atoms with Crippen LogP contribution in [0.15, 0.2) is 42.5 Å². The smallest absolute Gasteiger partial charge is 0.0178 e. The summed E-state index contributed by atoms with van der Waals surface area (Å²) >= 11 is 0. The Bertz CT molecular complexity index is 501. The standard InChI is InChI=1S/C15H17N/c1-11-5-3-4-6-14(11)15-8-7-13(10-16)9-12(15)2/h3-9H,10,16H2,1-2H3. The SMILES string of the molecule is Cc1ccccc1-c1ccc(CN)cc1C. The number of rotatable bonds is 2. The van der Waals surface area contributed by atoms with E-state index in [2.05, 4.69) is 56.3 Å². The van der Waals surface area contributed by atoms with Crippen molar-refractivity contribution in [2.75, 3.05) is 0 Å². The van der Waals surface area contributed by atoms with Crippen molar-refractivity contribution in [3.8, 4) is 11.1 Å². The van der Waals surface area contributed by atoms with E-state index in [1.807, 2.05) is 0 Å². The normalized spacial score (nSPS) is 10.4. The zero-order valence-corrected chi connectivity index (χ0v) is 9.83. The molecule has 0 fully saturated rings. The van der Waals surface area contributed by atoms with Crippen LogP contribution < -0.4 is 5.73 Å². The minimum Gasteiger partial charge on any atom is -0.326 e. The van der Waals surface area contributed by atoms with Crippen LogP contribution in [0, 0.1) is 13.8 Å². The van der Waals surface area contributed by atoms with Crippen molar-refractivity contribution in [3.05, 3.63) is 59.2 Å². The summed E-state index contributed by atoms with van der Waals surface area (Å²) in [5, 5.41) is 0. The highest BCUT2D eigenvalue weighted by Crippen LogP contribution is 2.26. The van der Waals surface area contributed by atoms with E-state index < -0.39 is 0 Å². The van der Waals surface area contributed by atoms with Crippen molar-refractivity contribution >= 4 is 0 Å². The molecule has 2 aromatic carbocycles. The van der Waals surface area contributed by atoms with E-state index in [0.717, 1.165) is 0 Å². The van der Waals surface area contributed by atoms with Crippen molar-refractivity contribution in [2.24, 2.45) is 5.73 Å². The van der Waals surface area contributed by atoms with Crippen LogP contribution in [0.2, 0.25) is 0 Å². The van der Waals surface area contributed by atoms with Crippen molar-refractivity contribution < 1.29 is 0 Å². The molecule has 82 valence electrons. The molecule has 0 saturated heterocycles. The van der Waals surface area contributed by atoms with E-state index in [-0.39, 0.29) is 0 Å². The summed E-state index contributed by atoms with van der Waals surface area (Å²) < 4.78 is 0. The lowest BCUT2D eigenvalue weighted by atomic mass is 9.95. The highest BCUT2D eigenvalue weighted by atomic mass is 14.5. The van der Waals surface area contributed by atoms with Gasteiger partial charge in [-0.2, -0.15) is 0 Å². The number of aryl methyl sites for hydroxylation is 2. The molecular weight excluding hydrogens is 194 g/mol. The zero-order valence-electron chi connectivity index (χ0n) is 9.83. The summed E-state index contributed by atoms with van der Waals surface area (Å²) in [6.07, 6.45) is 0. The van der Waals surface area contributed by atoms with Crippen LogP contribution in [-0.2, 0) is 6.54 Å². The van der Waals surface area contributed by atoms with Crippen molar-refractivity contribution in [3.63, 3.8) is 0 Å². The second kappa shape index (κ2) is 4.50. The molecule has 0 saturated carbocycles. The molecule has 2 aromatic rings. The maximum atomic E-state index is 5.64. The van der Waals surface area contributed by atoms with Gasteiger partial charge >= 0.3 is 0 Å². The van der Waals surface area contributed by atoms with Crippen LogP contribution in [0.1, 0.15) is 16.7 Å². The van der Waals surface area contributed by atoms with E-state index in [4.69, 9.17) is 5.73 Å². The van der Waals surface area contributed by atoms with E-state index in [1.54, 1.807) is 0 Å². The molecule has 0 aliphatic rings. The Morgan fingerprint density at radius 1 is 0.875 bits per heavy atom. The summed E-state index contributed by atoms with van der Waals surface area (Å²) in [7, 11) is 0. The van der Waals surface area contributed by atoms with Crippen molar-refractivity contribution in [1.82, 2.24) is 0 Å². The first-order valence-electron chi connectivity index (χ1n) is 5.58. The highest BCUT2D eigenvalue weighted by Gasteiger charge is 2.04. The monoisotopic (exact) mass is 211 g/mol. The van der Waals surface area contributed by atoms with Crippen LogP contribution in [0.3, 0.4) is 0 Å². The number of hydrogen-bond acceptors (Lipinski definition) is 1. The molecule has 0 aliphatic heterocycles. The molecule has 16 heavy (non-hydrogen) atoms. The lowest BCUT2D eigenvalue weighted by molar-refractivity contribution is 1.07. The summed E-state index contributed by atoms with van der Waals surface area (Å²) in [5.41, 5.74) is 12.0. The topological polar surface area (TPSA) is 26.0 Å². The molecule has 0 amide bonds. The van der Waals surface area contributed by atoms with Gasteiger partial charge in [0, 0.05) is 6.54 Å². The lowest BCUT2D eigenvalue weighted by Gasteiger charge is -2.10. The van der Waals surface area contributed by atoms with Gasteiger partial charge in [-0.15, -0.1) is 0 Å². The molecule has 2 rings (SSSR count). The molecular formula is C15H17N. The van der Waals surface area contributed by atoms with Crippen LogP contribution in [-0.4, -0.2) is 0 Å². The third-order valence-electron chi connectivity index (χ3n) is 2.96. The molecule has 1 heteroatoms. The summed E-state index contributed by atoms with van der Waals surface area (Å²) in [5.74, 6) is 0. The van der Waals surface area contributed by atoms with E-state index >= 15 is 0 Å². The zero-order chi connectivity index (χ0) is 11.5. The van der Waals surface area contributed by atoms with Gasteiger partial charge in [-0.3, -0.25) is 0 Å². The Morgan fingerprint density at radius 2 is 1.56 bits per heavy atom. The highest BCUT2D eigenvalue weighted by molar-refractivity contribution is 5.70. The fraction of sp³-hybridized carbons (Fsp3) is 0.200. The maximum Gasteiger partial charge on any atom is 0.0178 e. The van der Waals surface area contributed by atoms with Crippen LogP contribution >= 0.6 is 0 Å². The Balaban J connectivity index is 2.53. The van der Waals surface area contributed by atoms with Gasteiger partial charge in [0.1, 0.15) is 0 Å². The minimum atomic E-state index is 0.606. The summed E-state index contributed by atoms with van der Waals surface area (Å²) in [6, 6.07) is 14.9. The molecule has 0 radical (unpaired) electrons. The molecule has 0 heterocycles. The number of benzene rings is 2. The molecule has 0 spiro atoms. The molecule has 0 aromatic heterocycles. The van der Waals surface area contributed by atoms with Gasteiger partial charge in [-0.1, -0.05) is 42.5 Å². The van der Waals surface area contributed by atoms with Gasteiger partial charge in [-0.05, 0) is 41.7 Å². The maximum absolute atomic E-state index is 5.64. The first kappa shape index (κ1) is 10.9. The van der Waals surface area contributed by atoms with Gasteiger partial charge in [0.15, 0.2) is 0 Å². The van der Waals surface area contributed by atoms with Gasteiger partial charge in [0.2, 0.25) is 0 Å². The van der Waals surface area contributed by atoms with Gasteiger partial charge < -0.3 is 5.73 Å². The first-order chi connectivity index (χ1) is 7.72. The fourth-order valence-electron chi connectivity index (χ4n) is 2.03. The molecule has 0 aliphatic carbocycles. The Kier molecular flexibility index (Phi) is 3.07.